The molecule has 0 aromatic heterocycles. The predicted molar refractivity (Wildman–Crippen MR) is 463 cm³/mol. The number of phosphoric acid groups is 2. The van der Waals surface area contributed by atoms with Gasteiger partial charge in [0.15, 0.2) is 12.2 Å². The van der Waals surface area contributed by atoms with Gasteiger partial charge in [0.25, 0.3) is 0 Å². The van der Waals surface area contributed by atoms with E-state index in [1.807, 2.05) is 54.7 Å². The second-order valence-corrected chi connectivity index (χ2v) is 31.0. The quantitative estimate of drug-likeness (QED) is 0.0169. The third kappa shape index (κ3) is 82.2. The van der Waals surface area contributed by atoms with Gasteiger partial charge in [-0.05, 0) is 141 Å². The van der Waals surface area contributed by atoms with Crippen molar-refractivity contribution in [2.24, 2.45) is 0 Å². The summed E-state index contributed by atoms with van der Waals surface area (Å²) in [6.07, 6.45) is 102. The zero-order chi connectivity index (χ0) is 81.7. The molecule has 3 N–H and O–H groups in total. The lowest BCUT2D eigenvalue weighted by molar-refractivity contribution is -0.161. The number of rotatable bonds is 79. The lowest BCUT2D eigenvalue weighted by Gasteiger charge is -2.21. The highest BCUT2D eigenvalue weighted by molar-refractivity contribution is 7.47. The van der Waals surface area contributed by atoms with E-state index in [9.17, 15) is 43.2 Å². The Balaban J connectivity index is 5.59. The van der Waals surface area contributed by atoms with E-state index in [-0.39, 0.29) is 25.7 Å². The minimum absolute atomic E-state index is 0.0143. The fourth-order valence-electron chi connectivity index (χ4n) is 10.8. The minimum Gasteiger partial charge on any atom is -0.462 e. The molecule has 0 aromatic rings. The summed E-state index contributed by atoms with van der Waals surface area (Å²) in [5, 5.41) is 10.7. The van der Waals surface area contributed by atoms with Gasteiger partial charge in [-0.15, -0.1) is 0 Å². The van der Waals surface area contributed by atoms with Crippen LogP contribution in [-0.2, 0) is 65.4 Å². The van der Waals surface area contributed by atoms with E-state index in [1.165, 1.54) is 122 Å². The normalized spacial score (nSPS) is 14.7. The minimum atomic E-state index is -5.03. The first kappa shape index (κ1) is 106. The molecule has 0 radical (unpaired) electrons. The van der Waals surface area contributed by atoms with Crippen LogP contribution in [0, 0.1) is 0 Å². The predicted octanol–water partition coefficient (Wildman–Crippen LogP) is 25.9. The van der Waals surface area contributed by atoms with Crippen LogP contribution in [0.2, 0.25) is 0 Å². The number of allylic oxidation sites excluding steroid dienone is 30. The van der Waals surface area contributed by atoms with Crippen molar-refractivity contribution in [3.05, 3.63) is 182 Å². The van der Waals surface area contributed by atoms with Crippen LogP contribution in [0.25, 0.3) is 0 Å². The van der Waals surface area contributed by atoms with Gasteiger partial charge in [-0.25, -0.2) is 9.13 Å². The topological polar surface area (TPSA) is 237 Å². The summed E-state index contributed by atoms with van der Waals surface area (Å²) in [4.78, 5) is 73.2. The fourth-order valence-corrected chi connectivity index (χ4v) is 12.4. The Morgan fingerprint density at radius 1 is 0.250 bits per heavy atom. The summed E-state index contributed by atoms with van der Waals surface area (Å²) in [6, 6.07) is 0. The molecule has 2 unspecified atom stereocenters. The van der Waals surface area contributed by atoms with Gasteiger partial charge in [0.2, 0.25) is 0 Å². The molecule has 0 rings (SSSR count). The molecule has 0 aliphatic carbocycles. The molecule has 0 aliphatic heterocycles. The Morgan fingerprint density at radius 2 is 0.455 bits per heavy atom. The van der Waals surface area contributed by atoms with Crippen LogP contribution < -0.4 is 0 Å². The highest BCUT2D eigenvalue weighted by atomic mass is 31.2. The van der Waals surface area contributed by atoms with Gasteiger partial charge in [0.1, 0.15) is 19.3 Å². The molecule has 636 valence electrons. The SMILES string of the molecule is CCCCC/C=C\C/C=C\C/C=C\C/C=C\C/C=C\CCC(=O)OC[C@H](COP(=O)(O)OC[C@@H](O)COP(=O)(O)OC[C@@H](COC(=O)CCCCCCCCCCCCCCCCC)OC(=O)CC/C=C\C/C=C\C/C=C\C/C=C\C/C=C\CCCCC)OC(=O)CC/C=C\C/C=C\C/C=C\C/C=C\C/C=C\CCCCC. The van der Waals surface area contributed by atoms with E-state index in [4.69, 9.17) is 37.0 Å². The molecule has 0 aliphatic rings. The maximum Gasteiger partial charge on any atom is 0.472 e. The van der Waals surface area contributed by atoms with Crippen LogP contribution in [0.15, 0.2) is 182 Å². The maximum absolute atomic E-state index is 13.1. The number of ether oxygens (including phenoxy) is 4. The van der Waals surface area contributed by atoms with E-state index >= 15 is 0 Å². The van der Waals surface area contributed by atoms with Crippen LogP contribution in [0.1, 0.15) is 323 Å². The van der Waals surface area contributed by atoms with Gasteiger partial charge in [-0.2, -0.15) is 0 Å². The second kappa shape index (κ2) is 83.1. The summed E-state index contributed by atoms with van der Waals surface area (Å²) in [5.41, 5.74) is 0. The molecule has 112 heavy (non-hydrogen) atoms. The van der Waals surface area contributed by atoms with Gasteiger partial charge < -0.3 is 33.8 Å². The largest absolute Gasteiger partial charge is 0.472 e. The van der Waals surface area contributed by atoms with Gasteiger partial charge in [0.05, 0.1) is 26.4 Å². The van der Waals surface area contributed by atoms with E-state index in [0.29, 0.717) is 44.9 Å². The molecule has 0 fully saturated rings. The third-order valence-electron chi connectivity index (χ3n) is 17.4. The number of hydrogen-bond donors (Lipinski definition) is 3. The van der Waals surface area contributed by atoms with Gasteiger partial charge >= 0.3 is 39.5 Å². The molecule has 0 saturated heterocycles. The molecule has 0 amide bonds. The number of aliphatic hydroxyl groups is 1. The molecule has 0 aromatic carbocycles. The third-order valence-corrected chi connectivity index (χ3v) is 19.3. The molecule has 0 heterocycles. The van der Waals surface area contributed by atoms with Gasteiger partial charge in [-0.1, -0.05) is 338 Å². The summed E-state index contributed by atoms with van der Waals surface area (Å²) < 4.78 is 68.5. The molecule has 5 atom stereocenters. The van der Waals surface area contributed by atoms with Crippen molar-refractivity contribution in [1.29, 1.82) is 0 Å². The number of esters is 4. The Bertz CT molecular complexity index is 2840. The first-order chi connectivity index (χ1) is 54.7. The summed E-state index contributed by atoms with van der Waals surface area (Å²) in [7, 11) is -10.1. The maximum atomic E-state index is 13.1. The van der Waals surface area contributed by atoms with Crippen molar-refractivity contribution < 1.29 is 80.2 Å². The first-order valence-electron chi connectivity index (χ1n) is 43.0. The lowest BCUT2D eigenvalue weighted by Crippen LogP contribution is -2.30. The van der Waals surface area contributed by atoms with Crippen LogP contribution in [-0.4, -0.2) is 96.7 Å². The zero-order valence-electron chi connectivity index (χ0n) is 69.8. The number of carbonyl (C=O) groups excluding carboxylic acids is 4. The smallest absolute Gasteiger partial charge is 0.462 e. The van der Waals surface area contributed by atoms with Crippen molar-refractivity contribution in [2.45, 2.75) is 341 Å². The van der Waals surface area contributed by atoms with Gasteiger partial charge in [-0.3, -0.25) is 37.3 Å². The van der Waals surface area contributed by atoms with Crippen molar-refractivity contribution >= 4 is 39.5 Å². The highest BCUT2D eigenvalue weighted by Gasteiger charge is 2.30. The summed E-state index contributed by atoms with van der Waals surface area (Å²) >= 11 is 0. The van der Waals surface area contributed by atoms with Crippen molar-refractivity contribution in [3.63, 3.8) is 0 Å². The van der Waals surface area contributed by atoms with E-state index in [1.54, 1.807) is 0 Å². The molecule has 0 spiro atoms. The van der Waals surface area contributed by atoms with Crippen LogP contribution in [0.4, 0.5) is 0 Å². The number of unbranched alkanes of at least 4 members (excludes halogenated alkanes) is 23. The summed E-state index contributed by atoms with van der Waals surface area (Å²) in [5.74, 6) is -2.47. The van der Waals surface area contributed by atoms with Crippen molar-refractivity contribution in [3.8, 4) is 0 Å². The van der Waals surface area contributed by atoms with Crippen LogP contribution >= 0.6 is 15.6 Å². The van der Waals surface area contributed by atoms with E-state index < -0.39 is 97.5 Å². The lowest BCUT2D eigenvalue weighted by atomic mass is 10.0. The fraction of sp³-hybridized carbons (Fsp3) is 0.634. The van der Waals surface area contributed by atoms with Crippen molar-refractivity contribution in [1.82, 2.24) is 0 Å². The summed E-state index contributed by atoms with van der Waals surface area (Å²) in [6.45, 7) is 4.55. The first-order valence-corrected chi connectivity index (χ1v) is 46.0. The number of aliphatic hydroxyl groups excluding tert-OH is 1. The Labute approximate surface area is 679 Å². The molecular formula is C93H152O17P2. The Hall–Kier alpha value is -5.84. The number of carbonyl (C=O) groups is 4. The van der Waals surface area contributed by atoms with Crippen LogP contribution in [0.3, 0.4) is 0 Å². The van der Waals surface area contributed by atoms with Crippen LogP contribution in [0.5, 0.6) is 0 Å². The second-order valence-electron chi connectivity index (χ2n) is 28.1. The standard InChI is InChI=1S/C93H152O17P2/c1-5-9-13-17-21-25-29-33-37-40-43-46-50-54-58-62-66-70-74-78-91(96)104-84-89(110-93(98)80-76-72-68-64-60-56-52-48-45-42-39-35-31-27-23-19-15-11-7-3)86-108-112(101,102)106-82-87(94)81-105-111(99,100)107-85-88(83-103-90(95)77-73-69-65-61-57-53-49-36-32-28-24-20-16-12-8-4)109-92(97)79-75-71-67-63-59-55-51-47-44-41-38-34-30-26-22-18-14-10-6-2/h21-23,25-27,33-35,37-39,43-48,54-56,58-60,66-68,70-72,87-89,94H,5-20,24,28-32,36,40-42,49-53,57,61-65,69,73-86H2,1-4H3,(H,99,100)(H,101,102)/b25-21-,26-22-,27-23-,37-33-,38-34-,39-35-,46-43-,47-44-,48-45-,58-54-,59-55-,60-56-,70-66-,71-67-,72-68-/t87-,88+,89+/m0/s1. The average molecular weight is 1600 g/mol. The Kier molecular flexibility index (Phi) is 78.8. The van der Waals surface area contributed by atoms with Gasteiger partial charge in [0, 0.05) is 25.7 Å². The zero-order valence-corrected chi connectivity index (χ0v) is 71.6. The van der Waals surface area contributed by atoms with E-state index in [2.05, 4.69) is 155 Å². The molecule has 19 heteroatoms. The monoisotopic (exact) mass is 1600 g/mol. The number of phosphoric ester groups is 2. The molecule has 17 nitrogen and oxygen atoms in total. The molecule has 0 saturated carbocycles. The van der Waals surface area contributed by atoms with Crippen molar-refractivity contribution in [2.75, 3.05) is 39.6 Å². The number of hydrogen-bond acceptors (Lipinski definition) is 15. The Morgan fingerprint density at radius 3 is 0.723 bits per heavy atom. The average Bonchev–Trinajstić information content (AvgIpc) is 0.908. The molecular weight excluding hydrogens is 1450 g/mol. The highest BCUT2D eigenvalue weighted by Crippen LogP contribution is 2.45. The molecule has 0 bridgehead atoms. The van der Waals surface area contributed by atoms with E-state index in [0.717, 1.165) is 103 Å².